The number of hydrogen-bond donors (Lipinski definition) is 2. The van der Waals surface area contributed by atoms with Crippen molar-refractivity contribution in [2.45, 2.75) is 13.5 Å². The minimum absolute atomic E-state index is 0.407. The Morgan fingerprint density at radius 3 is 2.45 bits per heavy atom. The van der Waals surface area contributed by atoms with Gasteiger partial charge in [-0.3, -0.25) is 9.59 Å². The first-order valence-corrected chi connectivity index (χ1v) is 9.46. The number of rotatable bonds is 6. The third kappa shape index (κ3) is 6.54. The van der Waals surface area contributed by atoms with E-state index in [0.717, 1.165) is 11.1 Å². The van der Waals surface area contributed by atoms with Gasteiger partial charge in [-0.05, 0) is 66.6 Å². The fourth-order valence-electron chi connectivity index (χ4n) is 2.65. The molecule has 0 aliphatic carbocycles. The fraction of sp³-hybridized carbons (Fsp3) is 0.0833. The topological polar surface area (TPSA) is 104 Å². The first-order chi connectivity index (χ1) is 15.0. The molecule has 154 valence electrons. The molecule has 3 aromatic carbocycles. The predicted octanol–water partition coefficient (Wildman–Crippen LogP) is 3.53. The summed E-state index contributed by atoms with van der Waals surface area (Å²) in [5, 5.41) is 15.0. The Labute approximate surface area is 180 Å². The second-order valence-electron chi connectivity index (χ2n) is 6.69. The van der Waals surface area contributed by atoms with Crippen molar-refractivity contribution in [1.82, 2.24) is 5.43 Å². The maximum Gasteiger partial charge on any atom is 0.329 e. The lowest BCUT2D eigenvalue weighted by Gasteiger charge is -2.07. The van der Waals surface area contributed by atoms with Gasteiger partial charge in [0.15, 0.2) is 0 Å². The van der Waals surface area contributed by atoms with Crippen molar-refractivity contribution in [2.24, 2.45) is 5.10 Å². The number of aryl methyl sites for hydroxylation is 1. The molecule has 0 aliphatic heterocycles. The van der Waals surface area contributed by atoms with Gasteiger partial charge in [0.2, 0.25) is 0 Å². The van der Waals surface area contributed by atoms with Crippen LogP contribution in [0.2, 0.25) is 0 Å². The number of benzene rings is 3. The summed E-state index contributed by atoms with van der Waals surface area (Å²) in [6, 6.07) is 23.4. The summed E-state index contributed by atoms with van der Waals surface area (Å²) in [5.41, 5.74) is 6.04. The standard InChI is InChI=1S/C24H20N4O3/c1-17-3-2-4-20(13-17)16-31-22-11-7-19(8-12-22)15-26-28-24(30)23(29)27-21-9-5-18(14-25)6-10-21/h2-13,15H,16H2,1H3,(H,27,29)(H,28,30)/b26-15+. The van der Waals surface area contributed by atoms with E-state index < -0.39 is 11.8 Å². The maximum absolute atomic E-state index is 11.9. The van der Waals surface area contributed by atoms with Gasteiger partial charge in [-0.2, -0.15) is 10.4 Å². The number of carbonyl (C=O) groups excluding carboxylic acids is 2. The lowest BCUT2D eigenvalue weighted by Crippen LogP contribution is -2.32. The molecule has 0 atom stereocenters. The molecule has 0 saturated carbocycles. The summed E-state index contributed by atoms with van der Waals surface area (Å²) < 4.78 is 5.76. The van der Waals surface area contributed by atoms with Crippen LogP contribution in [0.1, 0.15) is 22.3 Å². The van der Waals surface area contributed by atoms with Crippen LogP contribution in [0.5, 0.6) is 5.75 Å². The molecule has 7 heteroatoms. The van der Waals surface area contributed by atoms with Crippen molar-refractivity contribution in [3.63, 3.8) is 0 Å². The Bertz CT molecular complexity index is 1130. The molecule has 3 aromatic rings. The van der Waals surface area contributed by atoms with Crippen LogP contribution in [0.4, 0.5) is 5.69 Å². The molecule has 0 aliphatic rings. The van der Waals surface area contributed by atoms with E-state index in [2.05, 4.69) is 21.9 Å². The summed E-state index contributed by atoms with van der Waals surface area (Å²) in [4.78, 5) is 23.7. The van der Waals surface area contributed by atoms with Gasteiger partial charge in [0.1, 0.15) is 12.4 Å². The highest BCUT2D eigenvalue weighted by atomic mass is 16.5. The third-order valence-corrected chi connectivity index (χ3v) is 4.23. The second kappa shape index (κ2) is 10.4. The molecule has 7 nitrogen and oxygen atoms in total. The van der Waals surface area contributed by atoms with Crippen LogP contribution in [-0.2, 0) is 16.2 Å². The van der Waals surface area contributed by atoms with E-state index in [1.165, 1.54) is 23.9 Å². The zero-order valence-corrected chi connectivity index (χ0v) is 16.8. The van der Waals surface area contributed by atoms with Crippen LogP contribution >= 0.6 is 0 Å². The SMILES string of the molecule is Cc1cccc(COc2ccc(/C=N/NC(=O)C(=O)Nc3ccc(C#N)cc3)cc2)c1. The molecule has 0 fully saturated rings. The molecule has 0 radical (unpaired) electrons. The summed E-state index contributed by atoms with van der Waals surface area (Å²) in [5.74, 6) is -1.05. The number of ether oxygens (including phenoxy) is 1. The third-order valence-electron chi connectivity index (χ3n) is 4.23. The Balaban J connectivity index is 1.46. The van der Waals surface area contributed by atoms with Crippen molar-refractivity contribution in [2.75, 3.05) is 5.32 Å². The molecular weight excluding hydrogens is 392 g/mol. The Hall–Kier alpha value is -4.44. The summed E-state index contributed by atoms with van der Waals surface area (Å²) in [6.45, 7) is 2.51. The van der Waals surface area contributed by atoms with E-state index in [1.54, 1.807) is 36.4 Å². The lowest BCUT2D eigenvalue weighted by atomic mass is 10.1. The van der Waals surface area contributed by atoms with Crippen molar-refractivity contribution in [3.05, 3.63) is 95.1 Å². The molecule has 0 heterocycles. The average Bonchev–Trinajstić information content (AvgIpc) is 2.79. The van der Waals surface area contributed by atoms with Crippen LogP contribution in [0.25, 0.3) is 0 Å². The molecule has 31 heavy (non-hydrogen) atoms. The van der Waals surface area contributed by atoms with E-state index in [9.17, 15) is 9.59 Å². The number of carbonyl (C=O) groups is 2. The maximum atomic E-state index is 11.9. The normalized spacial score (nSPS) is 10.3. The highest BCUT2D eigenvalue weighted by Gasteiger charge is 2.12. The highest BCUT2D eigenvalue weighted by molar-refractivity contribution is 6.39. The quantitative estimate of drug-likeness (QED) is 0.367. The van der Waals surface area contributed by atoms with E-state index in [4.69, 9.17) is 10.00 Å². The molecule has 2 amide bonds. The Morgan fingerprint density at radius 2 is 1.77 bits per heavy atom. The minimum Gasteiger partial charge on any atom is -0.489 e. The fourth-order valence-corrected chi connectivity index (χ4v) is 2.65. The van der Waals surface area contributed by atoms with Gasteiger partial charge in [0, 0.05) is 5.69 Å². The van der Waals surface area contributed by atoms with E-state index in [-0.39, 0.29) is 0 Å². The molecule has 3 rings (SSSR count). The number of nitrogens with one attached hydrogen (secondary N) is 2. The van der Waals surface area contributed by atoms with E-state index in [0.29, 0.717) is 23.6 Å². The number of hydrogen-bond acceptors (Lipinski definition) is 5. The second-order valence-corrected chi connectivity index (χ2v) is 6.69. The van der Waals surface area contributed by atoms with Crippen LogP contribution in [0, 0.1) is 18.3 Å². The number of nitrogens with zero attached hydrogens (tertiary/aromatic N) is 2. The van der Waals surface area contributed by atoms with Crippen LogP contribution < -0.4 is 15.5 Å². The van der Waals surface area contributed by atoms with Crippen molar-refractivity contribution < 1.29 is 14.3 Å². The average molecular weight is 412 g/mol. The number of nitriles is 1. The van der Waals surface area contributed by atoms with E-state index in [1.807, 2.05) is 31.2 Å². The largest absolute Gasteiger partial charge is 0.489 e. The smallest absolute Gasteiger partial charge is 0.329 e. The van der Waals surface area contributed by atoms with Crippen LogP contribution in [-0.4, -0.2) is 18.0 Å². The number of hydrazone groups is 1. The first-order valence-electron chi connectivity index (χ1n) is 9.46. The molecule has 0 unspecified atom stereocenters. The predicted molar refractivity (Wildman–Crippen MR) is 117 cm³/mol. The Morgan fingerprint density at radius 1 is 1.03 bits per heavy atom. The van der Waals surface area contributed by atoms with Crippen LogP contribution in [0.15, 0.2) is 77.9 Å². The molecule has 0 saturated heterocycles. The minimum atomic E-state index is -0.904. The summed E-state index contributed by atoms with van der Waals surface area (Å²) in [6.07, 6.45) is 1.43. The molecule has 2 N–H and O–H groups in total. The molecule has 0 aromatic heterocycles. The first kappa shape index (κ1) is 21.3. The van der Waals surface area contributed by atoms with Crippen molar-refractivity contribution in [3.8, 4) is 11.8 Å². The molecule has 0 bridgehead atoms. The van der Waals surface area contributed by atoms with Crippen molar-refractivity contribution in [1.29, 1.82) is 5.26 Å². The summed E-state index contributed by atoms with van der Waals surface area (Å²) in [7, 11) is 0. The van der Waals surface area contributed by atoms with Gasteiger partial charge in [-0.25, -0.2) is 5.43 Å². The lowest BCUT2D eigenvalue weighted by molar-refractivity contribution is -0.136. The number of amides is 2. The highest BCUT2D eigenvalue weighted by Crippen LogP contribution is 2.14. The molecule has 0 spiro atoms. The Kier molecular flexibility index (Phi) is 7.12. The van der Waals surface area contributed by atoms with Gasteiger partial charge in [-0.15, -0.1) is 0 Å². The van der Waals surface area contributed by atoms with Gasteiger partial charge in [-0.1, -0.05) is 29.8 Å². The zero-order valence-electron chi connectivity index (χ0n) is 16.8. The van der Waals surface area contributed by atoms with E-state index >= 15 is 0 Å². The molecular formula is C24H20N4O3. The van der Waals surface area contributed by atoms with Crippen LogP contribution in [0.3, 0.4) is 0 Å². The van der Waals surface area contributed by atoms with Gasteiger partial charge < -0.3 is 10.1 Å². The summed E-state index contributed by atoms with van der Waals surface area (Å²) >= 11 is 0. The van der Waals surface area contributed by atoms with Crippen molar-refractivity contribution >= 4 is 23.7 Å². The zero-order chi connectivity index (χ0) is 22.1. The number of anilines is 1. The van der Waals surface area contributed by atoms with Gasteiger partial charge >= 0.3 is 11.8 Å². The van der Waals surface area contributed by atoms with Gasteiger partial charge in [0.05, 0.1) is 17.8 Å². The van der Waals surface area contributed by atoms with Gasteiger partial charge in [0.25, 0.3) is 0 Å². The monoisotopic (exact) mass is 412 g/mol.